The molecule has 5 rings (SSSR count). The van der Waals surface area contributed by atoms with Crippen LogP contribution in [0.3, 0.4) is 0 Å². The van der Waals surface area contributed by atoms with Crippen molar-refractivity contribution >= 4 is 11.6 Å². The van der Waals surface area contributed by atoms with E-state index in [2.05, 4.69) is 23.1 Å². The predicted octanol–water partition coefficient (Wildman–Crippen LogP) is 5.65. The van der Waals surface area contributed by atoms with Crippen molar-refractivity contribution in [1.82, 2.24) is 4.90 Å². The van der Waals surface area contributed by atoms with E-state index >= 15 is 0 Å². The summed E-state index contributed by atoms with van der Waals surface area (Å²) in [4.78, 5) is 2.48. The first-order valence-corrected chi connectivity index (χ1v) is 12.0. The van der Waals surface area contributed by atoms with Gasteiger partial charge in [0.05, 0.1) is 0 Å². The highest BCUT2D eigenvalue weighted by Crippen LogP contribution is 2.37. The third-order valence-corrected chi connectivity index (χ3v) is 6.74. The number of benzene rings is 3. The van der Waals surface area contributed by atoms with E-state index in [9.17, 15) is 10.2 Å². The highest BCUT2D eigenvalue weighted by molar-refractivity contribution is 5.94. The number of rotatable bonds is 5. The van der Waals surface area contributed by atoms with E-state index in [1.54, 1.807) is 12.1 Å². The Morgan fingerprint density at radius 3 is 1.97 bits per heavy atom. The number of aromatic hydroxyl groups is 2. The molecule has 2 N–H and O–H groups in total. The van der Waals surface area contributed by atoms with Crippen molar-refractivity contribution in [3.8, 4) is 17.2 Å². The van der Waals surface area contributed by atoms with Crippen molar-refractivity contribution in [2.45, 2.75) is 32.1 Å². The van der Waals surface area contributed by atoms with Crippen LogP contribution in [0.5, 0.6) is 17.2 Å². The molecule has 1 aliphatic carbocycles. The van der Waals surface area contributed by atoms with Gasteiger partial charge in [-0.2, -0.15) is 0 Å². The zero-order valence-corrected chi connectivity index (χ0v) is 19.0. The number of nitrogens with zero attached hydrogens (tertiary/aromatic N) is 1. The van der Waals surface area contributed by atoms with E-state index in [1.165, 1.54) is 32.4 Å². The summed E-state index contributed by atoms with van der Waals surface area (Å²) < 4.78 is 5.99. The van der Waals surface area contributed by atoms with Crippen LogP contribution in [0.1, 0.15) is 47.1 Å². The van der Waals surface area contributed by atoms with Gasteiger partial charge in [0.25, 0.3) is 0 Å². The minimum Gasteiger partial charge on any atom is -0.508 e. The second-order valence-electron chi connectivity index (χ2n) is 9.06. The lowest BCUT2D eigenvalue weighted by molar-refractivity contribution is 0.183. The van der Waals surface area contributed by atoms with Crippen LogP contribution in [0.4, 0.5) is 0 Å². The maximum atomic E-state index is 10.0. The summed E-state index contributed by atoms with van der Waals surface area (Å²) in [7, 11) is 0. The number of hydrogen-bond acceptors (Lipinski definition) is 4. The minimum atomic E-state index is 0.285. The molecule has 3 aromatic carbocycles. The Kier molecular flexibility index (Phi) is 6.36. The molecule has 3 aromatic rings. The SMILES string of the molecule is Oc1ccc2c(c1)CCc1cc(O)ccc1C2=Cc1ccc(OCCN2CCCCC2)cc1. The van der Waals surface area contributed by atoms with E-state index in [1.807, 2.05) is 36.4 Å². The number of likely N-dealkylation sites (tertiary alicyclic amines) is 1. The molecule has 1 aliphatic heterocycles. The smallest absolute Gasteiger partial charge is 0.119 e. The minimum absolute atomic E-state index is 0.285. The van der Waals surface area contributed by atoms with Gasteiger partial charge in [0.1, 0.15) is 23.9 Å². The molecular formula is C29H31NO3. The average molecular weight is 442 g/mol. The summed E-state index contributed by atoms with van der Waals surface area (Å²) in [6, 6.07) is 19.5. The lowest BCUT2D eigenvalue weighted by Crippen LogP contribution is -2.33. The molecule has 0 atom stereocenters. The first-order valence-electron chi connectivity index (χ1n) is 12.0. The molecule has 33 heavy (non-hydrogen) atoms. The molecule has 2 aliphatic rings. The summed E-state index contributed by atoms with van der Waals surface area (Å²) in [5, 5.41) is 20.1. The van der Waals surface area contributed by atoms with Gasteiger partial charge in [-0.25, -0.2) is 0 Å². The Morgan fingerprint density at radius 2 is 1.36 bits per heavy atom. The van der Waals surface area contributed by atoms with Crippen LogP contribution in [0.15, 0.2) is 60.7 Å². The van der Waals surface area contributed by atoms with Crippen molar-refractivity contribution in [3.05, 3.63) is 88.5 Å². The third kappa shape index (κ3) is 5.07. The van der Waals surface area contributed by atoms with Crippen molar-refractivity contribution < 1.29 is 14.9 Å². The monoisotopic (exact) mass is 441 g/mol. The van der Waals surface area contributed by atoms with Gasteiger partial charge >= 0.3 is 0 Å². The van der Waals surface area contributed by atoms with Crippen LogP contribution in [0, 0.1) is 0 Å². The van der Waals surface area contributed by atoms with Gasteiger partial charge < -0.3 is 14.9 Å². The van der Waals surface area contributed by atoms with E-state index in [4.69, 9.17) is 4.74 Å². The largest absolute Gasteiger partial charge is 0.508 e. The molecule has 0 radical (unpaired) electrons. The Balaban J connectivity index is 1.39. The number of aryl methyl sites for hydroxylation is 2. The van der Waals surface area contributed by atoms with E-state index in [0.29, 0.717) is 6.61 Å². The van der Waals surface area contributed by atoms with Crippen molar-refractivity contribution in [2.24, 2.45) is 0 Å². The lowest BCUT2D eigenvalue weighted by Gasteiger charge is -2.26. The Labute approximate surface area is 195 Å². The number of hydrogen-bond donors (Lipinski definition) is 2. The lowest BCUT2D eigenvalue weighted by atomic mass is 9.92. The normalized spacial score (nSPS) is 15.9. The Bertz CT molecular complexity index is 1090. The average Bonchev–Trinajstić information content (AvgIpc) is 2.97. The molecule has 0 unspecified atom stereocenters. The maximum Gasteiger partial charge on any atom is 0.119 e. The van der Waals surface area contributed by atoms with Gasteiger partial charge in [0.15, 0.2) is 0 Å². The fourth-order valence-electron chi connectivity index (χ4n) is 4.97. The zero-order chi connectivity index (χ0) is 22.6. The second-order valence-corrected chi connectivity index (χ2v) is 9.06. The summed E-state index contributed by atoms with van der Waals surface area (Å²) in [5.74, 6) is 1.46. The molecule has 4 nitrogen and oxygen atoms in total. The van der Waals surface area contributed by atoms with Crippen molar-refractivity contribution in [1.29, 1.82) is 0 Å². The van der Waals surface area contributed by atoms with Crippen LogP contribution in [-0.4, -0.2) is 41.4 Å². The molecule has 170 valence electrons. The predicted molar refractivity (Wildman–Crippen MR) is 133 cm³/mol. The number of piperidine rings is 1. The highest BCUT2D eigenvalue weighted by Gasteiger charge is 2.19. The first kappa shape index (κ1) is 21.6. The van der Waals surface area contributed by atoms with Crippen LogP contribution in [-0.2, 0) is 12.8 Å². The summed E-state index contributed by atoms with van der Waals surface area (Å²) >= 11 is 0. The fraction of sp³-hybridized carbons (Fsp3) is 0.310. The quantitative estimate of drug-likeness (QED) is 0.537. The second kappa shape index (κ2) is 9.72. The van der Waals surface area contributed by atoms with Gasteiger partial charge in [-0.3, -0.25) is 4.90 Å². The van der Waals surface area contributed by atoms with Crippen LogP contribution >= 0.6 is 0 Å². The number of ether oxygens (including phenoxy) is 1. The maximum absolute atomic E-state index is 10.0. The third-order valence-electron chi connectivity index (χ3n) is 6.74. The Hall–Kier alpha value is -3.24. The molecule has 4 heteroatoms. The number of fused-ring (bicyclic) bond motifs is 2. The summed E-state index contributed by atoms with van der Waals surface area (Å²) in [5.41, 5.74) is 6.69. The highest BCUT2D eigenvalue weighted by atomic mass is 16.5. The molecule has 0 saturated carbocycles. The van der Waals surface area contributed by atoms with Crippen molar-refractivity contribution in [3.63, 3.8) is 0 Å². The van der Waals surface area contributed by atoms with Gasteiger partial charge in [-0.1, -0.05) is 30.7 Å². The van der Waals surface area contributed by atoms with Crippen LogP contribution in [0.2, 0.25) is 0 Å². The van der Waals surface area contributed by atoms with Crippen molar-refractivity contribution in [2.75, 3.05) is 26.2 Å². The molecule has 1 heterocycles. The van der Waals surface area contributed by atoms with E-state index in [-0.39, 0.29) is 11.5 Å². The standard InChI is InChI=1S/C29H31NO3/c31-24-8-12-27-22(19-24)6-7-23-20-25(32)9-13-28(23)29(27)18-21-4-10-26(11-5-21)33-17-16-30-14-2-1-3-15-30/h4-5,8-13,18-20,31-32H,1-3,6-7,14-17H2. The molecule has 0 aromatic heterocycles. The van der Waals surface area contributed by atoms with Crippen LogP contribution in [0.25, 0.3) is 11.6 Å². The van der Waals surface area contributed by atoms with Gasteiger partial charge in [-0.15, -0.1) is 0 Å². The fourth-order valence-corrected chi connectivity index (χ4v) is 4.97. The molecule has 1 saturated heterocycles. The molecular weight excluding hydrogens is 410 g/mol. The molecule has 0 spiro atoms. The van der Waals surface area contributed by atoms with Gasteiger partial charge in [-0.05, 0) is 115 Å². The molecule has 1 fully saturated rings. The topological polar surface area (TPSA) is 52.9 Å². The van der Waals surface area contributed by atoms with E-state index < -0.39 is 0 Å². The van der Waals surface area contributed by atoms with Crippen LogP contribution < -0.4 is 4.74 Å². The number of phenolic OH excluding ortho intramolecular Hbond substituents is 2. The molecule has 0 amide bonds. The van der Waals surface area contributed by atoms with Gasteiger partial charge in [0, 0.05) is 6.54 Å². The van der Waals surface area contributed by atoms with E-state index in [0.717, 1.165) is 58.5 Å². The summed E-state index contributed by atoms with van der Waals surface area (Å²) in [6.07, 6.45) is 7.78. The first-order chi connectivity index (χ1) is 16.2. The van der Waals surface area contributed by atoms with Gasteiger partial charge in [0.2, 0.25) is 0 Å². The number of phenols is 2. The summed E-state index contributed by atoms with van der Waals surface area (Å²) in [6.45, 7) is 4.08. The molecule has 0 bridgehead atoms. The Morgan fingerprint density at radius 1 is 0.758 bits per heavy atom. The zero-order valence-electron chi connectivity index (χ0n) is 19.0.